The van der Waals surface area contributed by atoms with Gasteiger partial charge in [0.25, 0.3) is 0 Å². The van der Waals surface area contributed by atoms with Gasteiger partial charge in [-0.05, 0) is 13.6 Å². The molecule has 0 N–H and O–H groups in total. The Morgan fingerprint density at radius 1 is 1.75 bits per heavy atom. The molecule has 0 rings (SSSR count). The van der Waals surface area contributed by atoms with Crippen molar-refractivity contribution in [1.82, 2.24) is 0 Å². The molecule has 2 heteroatoms. The molecule has 0 heterocycles. The minimum absolute atomic E-state index is 0.222. The summed E-state index contributed by atoms with van der Waals surface area (Å²) in [5.41, 5.74) is 1.25. The predicted octanol–water partition coefficient (Wildman–Crippen LogP) is 2.14. The fraction of sp³-hybridized carbons (Fsp3) is 0.667. The standard InChI is InChI=1S/C6H13OP/c1-5(2)6(3)8(4)7/h6,8H,1H2,2-4H3. The van der Waals surface area contributed by atoms with Gasteiger partial charge in [-0.3, -0.25) is 0 Å². The quantitative estimate of drug-likeness (QED) is 0.415. The highest BCUT2D eigenvalue weighted by atomic mass is 31.1. The first kappa shape index (κ1) is 7.97. The van der Waals surface area contributed by atoms with Gasteiger partial charge in [-0.1, -0.05) is 19.1 Å². The summed E-state index contributed by atoms with van der Waals surface area (Å²) in [6.07, 6.45) is 0. The molecule has 0 saturated heterocycles. The lowest BCUT2D eigenvalue weighted by Crippen LogP contribution is -1.93. The third-order valence-electron chi connectivity index (χ3n) is 1.35. The van der Waals surface area contributed by atoms with Crippen molar-refractivity contribution in [2.75, 3.05) is 6.66 Å². The average Bonchev–Trinajstić information content (AvgIpc) is 1.64. The van der Waals surface area contributed by atoms with E-state index in [1.165, 1.54) is 0 Å². The summed E-state index contributed by atoms with van der Waals surface area (Å²) >= 11 is 0. The molecule has 0 spiro atoms. The summed E-state index contributed by atoms with van der Waals surface area (Å²) in [6, 6.07) is 0. The van der Waals surface area contributed by atoms with E-state index in [9.17, 15) is 4.57 Å². The van der Waals surface area contributed by atoms with Gasteiger partial charge in [0.05, 0.1) is 7.80 Å². The van der Waals surface area contributed by atoms with Crippen LogP contribution in [0.2, 0.25) is 0 Å². The van der Waals surface area contributed by atoms with Crippen molar-refractivity contribution in [3.8, 4) is 0 Å². The van der Waals surface area contributed by atoms with Gasteiger partial charge in [-0.25, -0.2) is 0 Å². The van der Waals surface area contributed by atoms with Crippen molar-refractivity contribution >= 4 is 7.80 Å². The molecule has 0 saturated carbocycles. The van der Waals surface area contributed by atoms with E-state index in [4.69, 9.17) is 0 Å². The van der Waals surface area contributed by atoms with Crippen LogP contribution in [-0.4, -0.2) is 12.3 Å². The predicted molar refractivity (Wildman–Crippen MR) is 39.2 cm³/mol. The summed E-state index contributed by atoms with van der Waals surface area (Å²) in [7, 11) is -1.36. The van der Waals surface area contributed by atoms with Gasteiger partial charge >= 0.3 is 0 Å². The van der Waals surface area contributed by atoms with Gasteiger partial charge in [0.1, 0.15) is 0 Å². The molecular formula is C6H13OP. The second kappa shape index (κ2) is 3.09. The van der Waals surface area contributed by atoms with Crippen LogP contribution in [0, 0.1) is 0 Å². The van der Waals surface area contributed by atoms with Crippen LogP contribution in [0.5, 0.6) is 0 Å². The van der Waals surface area contributed by atoms with Gasteiger partial charge < -0.3 is 4.57 Å². The SMILES string of the molecule is C=C(C)C(C)[PH](C)=O. The maximum Gasteiger partial charge on any atom is 0.0797 e. The monoisotopic (exact) mass is 132 g/mol. The third kappa shape index (κ3) is 2.32. The van der Waals surface area contributed by atoms with Crippen molar-refractivity contribution in [1.29, 1.82) is 0 Å². The average molecular weight is 132 g/mol. The van der Waals surface area contributed by atoms with E-state index in [1.54, 1.807) is 6.66 Å². The highest BCUT2D eigenvalue weighted by Gasteiger charge is 2.03. The van der Waals surface area contributed by atoms with Gasteiger partial charge in [0.2, 0.25) is 0 Å². The Kier molecular flexibility index (Phi) is 3.08. The summed E-state index contributed by atoms with van der Waals surface area (Å²) in [6.45, 7) is 9.33. The zero-order chi connectivity index (χ0) is 6.73. The number of hydrogen-bond acceptors (Lipinski definition) is 1. The van der Waals surface area contributed by atoms with E-state index in [2.05, 4.69) is 6.58 Å². The Labute approximate surface area is 51.6 Å². The summed E-state index contributed by atoms with van der Waals surface area (Å²) in [5.74, 6) is 0. The van der Waals surface area contributed by atoms with Crippen LogP contribution in [0.25, 0.3) is 0 Å². The molecule has 0 aromatic carbocycles. The van der Waals surface area contributed by atoms with Crippen molar-refractivity contribution in [2.24, 2.45) is 0 Å². The van der Waals surface area contributed by atoms with E-state index in [0.717, 1.165) is 5.57 Å². The second-order valence-corrected chi connectivity index (χ2v) is 4.27. The summed E-state index contributed by atoms with van der Waals surface area (Å²) in [5, 5.41) is 0. The highest BCUT2D eigenvalue weighted by Crippen LogP contribution is 2.26. The van der Waals surface area contributed by atoms with Gasteiger partial charge in [0, 0.05) is 5.66 Å². The lowest BCUT2D eigenvalue weighted by Gasteiger charge is -2.04. The smallest absolute Gasteiger partial charge is 0.0797 e. The Bertz CT molecular complexity index is 104. The minimum Gasteiger partial charge on any atom is -0.327 e. The Balaban J connectivity index is 3.83. The van der Waals surface area contributed by atoms with Gasteiger partial charge in [0.15, 0.2) is 0 Å². The molecule has 48 valence electrons. The van der Waals surface area contributed by atoms with Crippen molar-refractivity contribution < 1.29 is 4.57 Å². The molecule has 0 fully saturated rings. The van der Waals surface area contributed by atoms with Crippen molar-refractivity contribution in [2.45, 2.75) is 19.5 Å². The summed E-state index contributed by atoms with van der Waals surface area (Å²) in [4.78, 5) is 0. The van der Waals surface area contributed by atoms with Gasteiger partial charge in [-0.2, -0.15) is 0 Å². The van der Waals surface area contributed by atoms with Crippen molar-refractivity contribution in [3.05, 3.63) is 12.2 Å². The molecule has 0 aliphatic carbocycles. The third-order valence-corrected chi connectivity index (χ3v) is 3.06. The van der Waals surface area contributed by atoms with E-state index in [-0.39, 0.29) is 5.66 Å². The van der Waals surface area contributed by atoms with E-state index >= 15 is 0 Å². The molecule has 0 bridgehead atoms. The lowest BCUT2D eigenvalue weighted by atomic mass is 10.3. The zero-order valence-corrected chi connectivity index (χ0v) is 6.69. The van der Waals surface area contributed by atoms with E-state index in [0.29, 0.717) is 0 Å². The molecule has 0 aromatic heterocycles. The summed E-state index contributed by atoms with van der Waals surface area (Å²) < 4.78 is 10.7. The molecule has 2 unspecified atom stereocenters. The fourth-order valence-corrected chi connectivity index (χ4v) is 1.04. The fourth-order valence-electron chi connectivity index (χ4n) is 0.347. The molecule has 0 aliphatic rings. The minimum atomic E-state index is -1.36. The molecule has 0 aromatic rings. The van der Waals surface area contributed by atoms with Crippen LogP contribution in [0.3, 0.4) is 0 Å². The number of rotatable bonds is 2. The molecule has 2 atom stereocenters. The van der Waals surface area contributed by atoms with E-state index in [1.807, 2.05) is 13.8 Å². The van der Waals surface area contributed by atoms with Crippen LogP contribution < -0.4 is 0 Å². The second-order valence-electron chi connectivity index (χ2n) is 2.18. The van der Waals surface area contributed by atoms with Crippen LogP contribution in [0.1, 0.15) is 13.8 Å². The Morgan fingerprint density at radius 3 is 2.12 bits per heavy atom. The van der Waals surface area contributed by atoms with E-state index < -0.39 is 7.80 Å². The normalized spacial score (nSPS) is 17.4. The first-order valence-electron chi connectivity index (χ1n) is 2.71. The number of hydrogen-bond donors (Lipinski definition) is 0. The molecule has 0 aliphatic heterocycles. The van der Waals surface area contributed by atoms with Crippen LogP contribution in [0.4, 0.5) is 0 Å². The first-order chi connectivity index (χ1) is 3.55. The zero-order valence-electron chi connectivity index (χ0n) is 5.69. The Hall–Kier alpha value is -0.0300. The van der Waals surface area contributed by atoms with Crippen molar-refractivity contribution in [3.63, 3.8) is 0 Å². The van der Waals surface area contributed by atoms with Crippen LogP contribution >= 0.6 is 7.80 Å². The van der Waals surface area contributed by atoms with Gasteiger partial charge in [-0.15, -0.1) is 0 Å². The lowest BCUT2D eigenvalue weighted by molar-refractivity contribution is 0.587. The molecular weight excluding hydrogens is 119 g/mol. The maximum absolute atomic E-state index is 10.7. The molecule has 0 radical (unpaired) electrons. The molecule has 0 amide bonds. The van der Waals surface area contributed by atoms with Crippen LogP contribution in [-0.2, 0) is 4.57 Å². The molecule has 8 heavy (non-hydrogen) atoms. The first-order valence-corrected chi connectivity index (χ1v) is 4.70. The Morgan fingerprint density at radius 2 is 2.12 bits per heavy atom. The number of allylic oxidation sites excluding steroid dienone is 1. The largest absolute Gasteiger partial charge is 0.327 e. The topological polar surface area (TPSA) is 17.1 Å². The highest BCUT2D eigenvalue weighted by molar-refractivity contribution is 7.44. The van der Waals surface area contributed by atoms with Crippen LogP contribution in [0.15, 0.2) is 12.2 Å². The molecule has 1 nitrogen and oxygen atoms in total. The maximum atomic E-state index is 10.7.